The first kappa shape index (κ1) is 16.9. The van der Waals surface area contributed by atoms with E-state index in [1.165, 1.54) is 5.56 Å². The molecule has 1 atom stereocenters. The van der Waals surface area contributed by atoms with Gasteiger partial charge >= 0.3 is 0 Å². The highest BCUT2D eigenvalue weighted by atomic mass is 16.5. The van der Waals surface area contributed by atoms with Crippen molar-refractivity contribution in [1.29, 1.82) is 0 Å². The Kier molecular flexibility index (Phi) is 5.44. The third kappa shape index (κ3) is 3.28. The van der Waals surface area contributed by atoms with E-state index in [2.05, 4.69) is 29.2 Å². The van der Waals surface area contributed by atoms with Crippen LogP contribution in [0.5, 0.6) is 0 Å². The molecular formula is C21H25NO2. The first-order valence-electron chi connectivity index (χ1n) is 8.73. The fourth-order valence-corrected chi connectivity index (χ4v) is 3.68. The predicted molar refractivity (Wildman–Crippen MR) is 96.0 cm³/mol. The van der Waals surface area contributed by atoms with Gasteiger partial charge in [-0.2, -0.15) is 0 Å². The number of carbonyl (C=O) groups is 1. The van der Waals surface area contributed by atoms with Crippen LogP contribution in [0.2, 0.25) is 0 Å². The topological polar surface area (TPSA) is 29.5 Å². The summed E-state index contributed by atoms with van der Waals surface area (Å²) in [7, 11) is 0. The van der Waals surface area contributed by atoms with E-state index in [0.717, 1.165) is 18.7 Å². The van der Waals surface area contributed by atoms with Gasteiger partial charge in [0.1, 0.15) is 5.54 Å². The largest absolute Gasteiger partial charge is 0.379 e. The number of ether oxygens (including phenoxy) is 1. The Labute approximate surface area is 144 Å². The molecule has 0 aliphatic carbocycles. The van der Waals surface area contributed by atoms with Gasteiger partial charge in [0, 0.05) is 25.9 Å². The number of benzene rings is 2. The van der Waals surface area contributed by atoms with E-state index in [4.69, 9.17) is 4.74 Å². The van der Waals surface area contributed by atoms with Gasteiger partial charge < -0.3 is 4.74 Å². The SMILES string of the molecule is CCC(=O)C(Cc1ccccc1)(c1ccccc1)N1CCOCC1. The van der Waals surface area contributed by atoms with Crippen LogP contribution in [0.1, 0.15) is 24.5 Å². The summed E-state index contributed by atoms with van der Waals surface area (Å²) in [5.74, 6) is 0.277. The average Bonchev–Trinajstić information content (AvgIpc) is 2.67. The Morgan fingerprint density at radius 3 is 2.17 bits per heavy atom. The smallest absolute Gasteiger partial charge is 0.157 e. The van der Waals surface area contributed by atoms with Crippen LogP contribution in [0.25, 0.3) is 0 Å². The minimum absolute atomic E-state index is 0.277. The van der Waals surface area contributed by atoms with E-state index in [1.54, 1.807) is 0 Å². The zero-order valence-electron chi connectivity index (χ0n) is 14.3. The van der Waals surface area contributed by atoms with Crippen LogP contribution in [0, 0.1) is 0 Å². The van der Waals surface area contributed by atoms with Crippen LogP contribution in [0.3, 0.4) is 0 Å². The quantitative estimate of drug-likeness (QED) is 0.815. The zero-order chi connectivity index (χ0) is 16.8. The Bertz CT molecular complexity index is 650. The zero-order valence-corrected chi connectivity index (χ0v) is 14.3. The molecule has 0 N–H and O–H groups in total. The molecule has 0 radical (unpaired) electrons. The molecule has 3 rings (SSSR count). The molecule has 0 saturated carbocycles. The van der Waals surface area contributed by atoms with Gasteiger partial charge in [-0.3, -0.25) is 9.69 Å². The van der Waals surface area contributed by atoms with E-state index >= 15 is 0 Å². The number of rotatable bonds is 6. The lowest BCUT2D eigenvalue weighted by Gasteiger charge is -2.45. The fourth-order valence-electron chi connectivity index (χ4n) is 3.68. The summed E-state index contributed by atoms with van der Waals surface area (Å²) in [4.78, 5) is 15.6. The number of nitrogens with zero attached hydrogens (tertiary/aromatic N) is 1. The maximum atomic E-state index is 13.3. The highest BCUT2D eigenvalue weighted by Crippen LogP contribution is 2.35. The summed E-state index contributed by atoms with van der Waals surface area (Å²) in [5, 5.41) is 0. The molecule has 3 heteroatoms. The van der Waals surface area contributed by atoms with Crippen molar-refractivity contribution in [3.63, 3.8) is 0 Å². The van der Waals surface area contributed by atoms with Gasteiger partial charge in [0.2, 0.25) is 0 Å². The van der Waals surface area contributed by atoms with Crippen LogP contribution in [-0.2, 0) is 21.5 Å². The summed E-state index contributed by atoms with van der Waals surface area (Å²) in [6, 6.07) is 20.6. The van der Waals surface area contributed by atoms with Gasteiger partial charge in [-0.1, -0.05) is 67.6 Å². The molecule has 2 aromatic rings. The summed E-state index contributed by atoms with van der Waals surface area (Å²) in [5.41, 5.74) is 1.67. The standard InChI is InChI=1S/C21H25NO2/c1-2-20(23)21(19-11-7-4-8-12-19,22-13-15-24-16-14-22)17-18-9-5-3-6-10-18/h3-12H,2,13-17H2,1H3. The fraction of sp³-hybridized carbons (Fsp3) is 0.381. The van der Waals surface area contributed by atoms with Crippen molar-refractivity contribution in [2.75, 3.05) is 26.3 Å². The molecule has 1 unspecified atom stereocenters. The third-order valence-electron chi connectivity index (χ3n) is 4.89. The van der Waals surface area contributed by atoms with Crippen LogP contribution >= 0.6 is 0 Å². The summed E-state index contributed by atoms with van der Waals surface area (Å²) in [6.45, 7) is 4.90. The van der Waals surface area contributed by atoms with Crippen molar-refractivity contribution in [3.8, 4) is 0 Å². The first-order chi connectivity index (χ1) is 11.8. The Balaban J connectivity index is 2.10. The number of hydrogen-bond donors (Lipinski definition) is 0. The Morgan fingerprint density at radius 1 is 1.00 bits per heavy atom. The Morgan fingerprint density at radius 2 is 1.58 bits per heavy atom. The third-order valence-corrected chi connectivity index (χ3v) is 4.89. The van der Waals surface area contributed by atoms with E-state index in [1.807, 2.05) is 43.3 Å². The van der Waals surface area contributed by atoms with Crippen LogP contribution in [0.4, 0.5) is 0 Å². The van der Waals surface area contributed by atoms with Crippen LogP contribution < -0.4 is 0 Å². The number of carbonyl (C=O) groups excluding carboxylic acids is 1. The van der Waals surface area contributed by atoms with Gasteiger partial charge in [0.05, 0.1) is 13.2 Å². The maximum absolute atomic E-state index is 13.3. The average molecular weight is 323 g/mol. The van der Waals surface area contributed by atoms with Gasteiger partial charge in [-0.05, 0) is 11.1 Å². The molecule has 0 aromatic heterocycles. The molecule has 1 saturated heterocycles. The normalized spacial score (nSPS) is 18.0. The number of Topliss-reactive ketones (excluding diaryl/α,β-unsaturated/α-hetero) is 1. The lowest BCUT2D eigenvalue weighted by atomic mass is 9.77. The Hall–Kier alpha value is -1.97. The minimum atomic E-state index is -0.610. The van der Waals surface area contributed by atoms with Crippen molar-refractivity contribution < 1.29 is 9.53 Å². The van der Waals surface area contributed by atoms with E-state index < -0.39 is 5.54 Å². The van der Waals surface area contributed by atoms with E-state index in [-0.39, 0.29) is 5.78 Å². The molecule has 24 heavy (non-hydrogen) atoms. The second-order valence-corrected chi connectivity index (χ2v) is 6.26. The maximum Gasteiger partial charge on any atom is 0.157 e. The number of ketones is 1. The summed E-state index contributed by atoms with van der Waals surface area (Å²) in [6.07, 6.45) is 1.23. The predicted octanol–water partition coefficient (Wildman–Crippen LogP) is 3.44. The number of hydrogen-bond acceptors (Lipinski definition) is 3. The highest BCUT2D eigenvalue weighted by Gasteiger charge is 2.44. The molecule has 3 nitrogen and oxygen atoms in total. The van der Waals surface area contributed by atoms with E-state index in [9.17, 15) is 4.79 Å². The molecule has 126 valence electrons. The van der Waals surface area contributed by atoms with E-state index in [0.29, 0.717) is 26.1 Å². The van der Waals surface area contributed by atoms with Crippen molar-refractivity contribution in [1.82, 2.24) is 4.90 Å². The molecule has 0 bridgehead atoms. The molecule has 0 amide bonds. The van der Waals surface area contributed by atoms with Gasteiger partial charge in [0.15, 0.2) is 5.78 Å². The summed E-state index contributed by atoms with van der Waals surface area (Å²) < 4.78 is 5.54. The highest BCUT2D eigenvalue weighted by molar-refractivity contribution is 5.90. The summed E-state index contributed by atoms with van der Waals surface area (Å²) >= 11 is 0. The molecule has 1 aliphatic rings. The second-order valence-electron chi connectivity index (χ2n) is 6.26. The van der Waals surface area contributed by atoms with Crippen molar-refractivity contribution in [3.05, 3.63) is 71.8 Å². The molecule has 1 aliphatic heterocycles. The van der Waals surface area contributed by atoms with Crippen LogP contribution in [-0.4, -0.2) is 37.0 Å². The van der Waals surface area contributed by atoms with Crippen molar-refractivity contribution >= 4 is 5.78 Å². The van der Waals surface area contributed by atoms with Crippen LogP contribution in [0.15, 0.2) is 60.7 Å². The molecule has 0 spiro atoms. The second kappa shape index (κ2) is 7.73. The monoisotopic (exact) mass is 323 g/mol. The van der Waals surface area contributed by atoms with Gasteiger partial charge in [-0.15, -0.1) is 0 Å². The minimum Gasteiger partial charge on any atom is -0.379 e. The molecule has 1 fully saturated rings. The van der Waals surface area contributed by atoms with Gasteiger partial charge in [-0.25, -0.2) is 0 Å². The molecular weight excluding hydrogens is 298 g/mol. The molecule has 1 heterocycles. The van der Waals surface area contributed by atoms with Crippen molar-refractivity contribution in [2.45, 2.75) is 25.3 Å². The molecule has 2 aromatic carbocycles. The number of morpholine rings is 1. The lowest BCUT2D eigenvalue weighted by Crippen LogP contribution is -2.57. The van der Waals surface area contributed by atoms with Gasteiger partial charge in [0.25, 0.3) is 0 Å². The first-order valence-corrected chi connectivity index (χ1v) is 8.73. The lowest BCUT2D eigenvalue weighted by molar-refractivity contribution is -0.135. The van der Waals surface area contributed by atoms with Crippen molar-refractivity contribution in [2.24, 2.45) is 0 Å².